The summed E-state index contributed by atoms with van der Waals surface area (Å²) in [5.41, 5.74) is 6.80. The van der Waals surface area contributed by atoms with Gasteiger partial charge in [-0.15, -0.1) is 11.3 Å². The second-order valence-corrected chi connectivity index (χ2v) is 5.17. The maximum atomic E-state index is 11.9. The zero-order chi connectivity index (χ0) is 11.7. The van der Waals surface area contributed by atoms with Gasteiger partial charge in [0.25, 0.3) is 0 Å². The molecule has 0 aromatic carbocycles. The van der Waals surface area contributed by atoms with Crippen LogP contribution in [0.25, 0.3) is 0 Å². The third kappa shape index (κ3) is 2.10. The first-order valence-corrected chi connectivity index (χ1v) is 6.45. The highest BCUT2D eigenvalue weighted by Crippen LogP contribution is 2.26. The molecule has 2 heterocycles. The lowest BCUT2D eigenvalue weighted by Gasteiger charge is -2.34. The minimum atomic E-state index is -0.322. The Bertz CT molecular complexity index is 390. The summed E-state index contributed by atoms with van der Waals surface area (Å²) in [4.78, 5) is 18.2. The first-order valence-electron chi connectivity index (χ1n) is 5.57. The summed E-state index contributed by atoms with van der Waals surface area (Å²) in [5.74, 6) is 0.0617. The van der Waals surface area contributed by atoms with Crippen molar-refractivity contribution in [2.24, 2.45) is 5.73 Å². The molecule has 0 bridgehead atoms. The van der Waals surface area contributed by atoms with Gasteiger partial charge >= 0.3 is 0 Å². The second-order valence-electron chi connectivity index (χ2n) is 4.28. The number of hydrogen-bond donors (Lipinski definition) is 1. The average Bonchev–Trinajstić information content (AvgIpc) is 2.68. The molecule has 1 aromatic rings. The van der Waals surface area contributed by atoms with Gasteiger partial charge in [-0.3, -0.25) is 4.79 Å². The highest BCUT2D eigenvalue weighted by Gasteiger charge is 2.30. The number of thiazole rings is 1. The van der Waals surface area contributed by atoms with Crippen LogP contribution in [-0.2, 0) is 4.79 Å². The fraction of sp³-hybridized carbons (Fsp3) is 0.636. The van der Waals surface area contributed by atoms with Gasteiger partial charge in [0.1, 0.15) is 5.01 Å². The van der Waals surface area contributed by atoms with Crippen molar-refractivity contribution in [1.82, 2.24) is 9.88 Å². The molecule has 0 saturated carbocycles. The molecule has 2 unspecified atom stereocenters. The minimum Gasteiger partial charge on any atom is -0.332 e. The molecule has 16 heavy (non-hydrogen) atoms. The third-order valence-corrected chi connectivity index (χ3v) is 4.11. The number of carbonyl (C=O) groups excluding carboxylic acids is 1. The zero-order valence-electron chi connectivity index (χ0n) is 9.64. The molecule has 1 aromatic heterocycles. The van der Waals surface area contributed by atoms with Crippen LogP contribution < -0.4 is 5.73 Å². The van der Waals surface area contributed by atoms with Crippen LogP contribution in [0.15, 0.2) is 5.38 Å². The van der Waals surface area contributed by atoms with Gasteiger partial charge in [0.05, 0.1) is 12.1 Å². The SMILES string of the molecule is Cc1csc(C(C)N2CCCC(N)C2=O)n1. The number of hydrogen-bond acceptors (Lipinski definition) is 4. The summed E-state index contributed by atoms with van der Waals surface area (Å²) >= 11 is 1.61. The Kier molecular flexibility index (Phi) is 3.25. The van der Waals surface area contributed by atoms with Crippen LogP contribution in [0.2, 0.25) is 0 Å². The van der Waals surface area contributed by atoms with Crippen LogP contribution in [-0.4, -0.2) is 28.4 Å². The number of aryl methyl sites for hydroxylation is 1. The summed E-state index contributed by atoms with van der Waals surface area (Å²) in [7, 11) is 0. The van der Waals surface area contributed by atoms with E-state index >= 15 is 0 Å². The van der Waals surface area contributed by atoms with Crippen LogP contribution >= 0.6 is 11.3 Å². The van der Waals surface area contributed by atoms with Crippen LogP contribution in [0.1, 0.15) is 36.5 Å². The Hall–Kier alpha value is -0.940. The van der Waals surface area contributed by atoms with Crippen molar-refractivity contribution in [2.45, 2.75) is 38.8 Å². The molecule has 1 fully saturated rings. The number of likely N-dealkylation sites (tertiary alicyclic amines) is 1. The lowest BCUT2D eigenvalue weighted by Crippen LogP contribution is -2.49. The van der Waals surface area contributed by atoms with E-state index in [0.29, 0.717) is 0 Å². The predicted octanol–water partition coefficient (Wildman–Crippen LogP) is 1.46. The molecule has 4 nitrogen and oxygen atoms in total. The van der Waals surface area contributed by atoms with E-state index in [2.05, 4.69) is 4.98 Å². The van der Waals surface area contributed by atoms with Crippen molar-refractivity contribution in [2.75, 3.05) is 6.54 Å². The predicted molar refractivity (Wildman–Crippen MR) is 64.2 cm³/mol. The standard InChI is InChI=1S/C11H17N3OS/c1-7-6-16-10(13-7)8(2)14-5-3-4-9(12)11(14)15/h6,8-9H,3-5,12H2,1-2H3. The molecular weight excluding hydrogens is 222 g/mol. The van der Waals surface area contributed by atoms with Crippen molar-refractivity contribution in [1.29, 1.82) is 0 Å². The number of piperidine rings is 1. The first kappa shape index (κ1) is 11.5. The molecule has 0 radical (unpaired) electrons. The van der Waals surface area contributed by atoms with Crippen LogP contribution in [0.4, 0.5) is 0 Å². The van der Waals surface area contributed by atoms with Gasteiger partial charge in [-0.05, 0) is 26.7 Å². The maximum absolute atomic E-state index is 11.9. The fourth-order valence-electron chi connectivity index (χ4n) is 2.01. The Labute approximate surface area is 99.5 Å². The quantitative estimate of drug-likeness (QED) is 0.850. The van der Waals surface area contributed by atoms with Gasteiger partial charge < -0.3 is 10.6 Å². The van der Waals surface area contributed by atoms with Crippen molar-refractivity contribution < 1.29 is 4.79 Å². The summed E-state index contributed by atoms with van der Waals surface area (Å²) in [5, 5.41) is 3.01. The zero-order valence-corrected chi connectivity index (χ0v) is 10.5. The van der Waals surface area contributed by atoms with Gasteiger partial charge in [-0.25, -0.2) is 4.98 Å². The lowest BCUT2D eigenvalue weighted by atomic mass is 10.0. The number of rotatable bonds is 2. The average molecular weight is 239 g/mol. The van der Waals surface area contributed by atoms with E-state index in [0.717, 1.165) is 30.1 Å². The van der Waals surface area contributed by atoms with Gasteiger partial charge in [0.15, 0.2) is 0 Å². The van der Waals surface area contributed by atoms with Crippen molar-refractivity contribution in [3.63, 3.8) is 0 Å². The van der Waals surface area contributed by atoms with E-state index in [-0.39, 0.29) is 18.0 Å². The molecule has 0 aliphatic carbocycles. The molecule has 2 N–H and O–H groups in total. The molecule has 1 aliphatic heterocycles. The van der Waals surface area contributed by atoms with Gasteiger partial charge in [0.2, 0.25) is 5.91 Å². The molecule has 0 spiro atoms. The third-order valence-electron chi connectivity index (χ3n) is 2.98. The van der Waals surface area contributed by atoms with E-state index in [1.807, 2.05) is 24.1 Å². The smallest absolute Gasteiger partial charge is 0.240 e. The first-order chi connectivity index (χ1) is 7.59. The molecule has 5 heteroatoms. The maximum Gasteiger partial charge on any atom is 0.240 e. The second kappa shape index (κ2) is 4.51. The number of nitrogens with two attached hydrogens (primary N) is 1. The Morgan fingerprint density at radius 1 is 1.69 bits per heavy atom. The molecule has 1 saturated heterocycles. The topological polar surface area (TPSA) is 59.2 Å². The highest BCUT2D eigenvalue weighted by atomic mass is 32.1. The monoisotopic (exact) mass is 239 g/mol. The van der Waals surface area contributed by atoms with E-state index in [1.165, 1.54) is 0 Å². The van der Waals surface area contributed by atoms with Crippen molar-refractivity contribution in [3.8, 4) is 0 Å². The van der Waals surface area contributed by atoms with Gasteiger partial charge in [-0.2, -0.15) is 0 Å². The van der Waals surface area contributed by atoms with E-state index in [1.54, 1.807) is 11.3 Å². The summed E-state index contributed by atoms with van der Waals surface area (Å²) in [6.07, 6.45) is 1.79. The number of carbonyl (C=O) groups is 1. The van der Waals surface area contributed by atoms with E-state index in [4.69, 9.17) is 5.73 Å². The van der Waals surface area contributed by atoms with E-state index < -0.39 is 0 Å². The number of nitrogens with zero attached hydrogens (tertiary/aromatic N) is 2. The molecular formula is C11H17N3OS. The molecule has 1 aliphatic rings. The fourth-order valence-corrected chi connectivity index (χ4v) is 2.87. The van der Waals surface area contributed by atoms with Crippen molar-refractivity contribution >= 4 is 17.2 Å². The van der Waals surface area contributed by atoms with Crippen LogP contribution in [0.5, 0.6) is 0 Å². The highest BCUT2D eigenvalue weighted by molar-refractivity contribution is 7.09. The summed E-state index contributed by atoms with van der Waals surface area (Å²) in [6.45, 7) is 4.79. The Balaban J connectivity index is 2.14. The number of amides is 1. The normalized spacial score (nSPS) is 23.6. The van der Waals surface area contributed by atoms with Crippen molar-refractivity contribution in [3.05, 3.63) is 16.1 Å². The Morgan fingerprint density at radius 3 is 3.06 bits per heavy atom. The summed E-state index contributed by atoms with van der Waals surface area (Å²) < 4.78 is 0. The number of aromatic nitrogens is 1. The van der Waals surface area contributed by atoms with Crippen LogP contribution in [0, 0.1) is 6.92 Å². The van der Waals surface area contributed by atoms with Gasteiger partial charge in [0, 0.05) is 17.6 Å². The molecule has 88 valence electrons. The van der Waals surface area contributed by atoms with Crippen LogP contribution in [0.3, 0.4) is 0 Å². The van der Waals surface area contributed by atoms with Gasteiger partial charge in [-0.1, -0.05) is 0 Å². The molecule has 1 amide bonds. The lowest BCUT2D eigenvalue weighted by molar-refractivity contribution is -0.137. The molecule has 2 atom stereocenters. The molecule has 2 rings (SSSR count). The largest absolute Gasteiger partial charge is 0.332 e. The Morgan fingerprint density at radius 2 is 2.44 bits per heavy atom. The summed E-state index contributed by atoms with van der Waals surface area (Å²) in [6, 6.07) is -0.269. The minimum absolute atomic E-state index is 0.0533. The van der Waals surface area contributed by atoms with E-state index in [9.17, 15) is 4.79 Å².